The molecule has 1 aromatic carbocycles. The van der Waals surface area contributed by atoms with E-state index in [0.29, 0.717) is 5.56 Å². The van der Waals surface area contributed by atoms with E-state index in [4.69, 9.17) is 24.2 Å². The number of benzene rings is 1. The molecule has 9 nitrogen and oxygen atoms in total. The molecule has 2 rings (SSSR count). The Balaban J connectivity index is 2.49. The topological polar surface area (TPSA) is 112 Å². The average molecular weight is 333 g/mol. The van der Waals surface area contributed by atoms with Gasteiger partial charge in [0.25, 0.3) is 0 Å². The Morgan fingerprint density at radius 2 is 1.83 bits per heavy atom. The number of nitrogens with zero attached hydrogens (tertiary/aromatic N) is 3. The molecule has 0 radical (unpaired) electrons. The van der Waals surface area contributed by atoms with Crippen LogP contribution in [0.3, 0.4) is 0 Å². The number of ether oxygens (including phenoxy) is 4. The van der Waals surface area contributed by atoms with Gasteiger partial charge < -0.3 is 24.2 Å². The van der Waals surface area contributed by atoms with Gasteiger partial charge in [-0.1, -0.05) is 17.3 Å². The van der Waals surface area contributed by atoms with Crippen LogP contribution in [0.25, 0.3) is 0 Å². The second kappa shape index (κ2) is 7.77. The molecule has 1 heterocycles. The lowest BCUT2D eigenvalue weighted by molar-refractivity contribution is 0.0597. The highest BCUT2D eigenvalue weighted by Gasteiger charge is 2.19. The number of esters is 1. The summed E-state index contributed by atoms with van der Waals surface area (Å²) in [6.45, 7) is 0. The molecule has 1 N–H and O–H groups in total. The van der Waals surface area contributed by atoms with Gasteiger partial charge in [-0.2, -0.15) is 9.97 Å². The summed E-state index contributed by atoms with van der Waals surface area (Å²) >= 11 is 0. The minimum atomic E-state index is -0.671. The van der Waals surface area contributed by atoms with Crippen molar-refractivity contribution < 1.29 is 28.9 Å². The van der Waals surface area contributed by atoms with Gasteiger partial charge in [0.1, 0.15) is 11.3 Å². The minimum absolute atomic E-state index is 0.0585. The lowest BCUT2D eigenvalue weighted by Crippen LogP contribution is -2.08. The molecule has 1 aromatic heterocycles. The molecule has 0 saturated carbocycles. The zero-order chi connectivity index (χ0) is 17.5. The van der Waals surface area contributed by atoms with Gasteiger partial charge in [0.2, 0.25) is 11.8 Å². The summed E-state index contributed by atoms with van der Waals surface area (Å²) in [5.41, 5.74) is 0.361. The van der Waals surface area contributed by atoms with Crippen molar-refractivity contribution in [3.8, 4) is 23.5 Å². The zero-order valence-corrected chi connectivity index (χ0v) is 13.2. The van der Waals surface area contributed by atoms with Crippen LogP contribution in [-0.2, 0) is 4.74 Å². The molecule has 0 atom stereocenters. The largest absolute Gasteiger partial charge is 0.481 e. The van der Waals surface area contributed by atoms with Crippen LogP contribution >= 0.6 is 0 Å². The molecule has 0 aliphatic rings. The Hall–Kier alpha value is -3.36. The van der Waals surface area contributed by atoms with E-state index in [1.54, 1.807) is 12.1 Å². The molecule has 0 amide bonds. The van der Waals surface area contributed by atoms with E-state index >= 15 is 0 Å². The van der Waals surface area contributed by atoms with Crippen LogP contribution in [0.2, 0.25) is 0 Å². The van der Waals surface area contributed by atoms with Crippen molar-refractivity contribution in [3.63, 3.8) is 0 Å². The smallest absolute Gasteiger partial charge is 0.342 e. The van der Waals surface area contributed by atoms with Crippen molar-refractivity contribution in [2.75, 3.05) is 21.3 Å². The predicted octanol–water partition coefficient (Wildman–Crippen LogP) is 1.88. The normalized spacial score (nSPS) is 10.5. The zero-order valence-electron chi connectivity index (χ0n) is 13.2. The summed E-state index contributed by atoms with van der Waals surface area (Å²) in [5.74, 6) is -0.0981. The second-order valence-electron chi connectivity index (χ2n) is 4.29. The molecule has 126 valence electrons. The molecular weight excluding hydrogens is 318 g/mol. The highest BCUT2D eigenvalue weighted by molar-refractivity contribution is 6.01. The van der Waals surface area contributed by atoms with Crippen LogP contribution in [-0.4, -0.2) is 48.7 Å². The lowest BCUT2D eigenvalue weighted by Gasteiger charge is -2.11. The number of aromatic nitrogens is 2. The van der Waals surface area contributed by atoms with Gasteiger partial charge in [-0.25, -0.2) is 4.79 Å². The third-order valence-corrected chi connectivity index (χ3v) is 2.92. The van der Waals surface area contributed by atoms with E-state index in [1.807, 2.05) is 0 Å². The summed E-state index contributed by atoms with van der Waals surface area (Å²) < 4.78 is 20.4. The first kappa shape index (κ1) is 17.0. The van der Waals surface area contributed by atoms with Crippen LogP contribution in [0.15, 0.2) is 29.4 Å². The quantitative estimate of drug-likeness (QED) is 0.369. The maximum absolute atomic E-state index is 12.0. The first-order valence-electron chi connectivity index (χ1n) is 6.66. The molecular formula is C15H15N3O6. The average Bonchev–Trinajstić information content (AvgIpc) is 2.61. The Morgan fingerprint density at radius 3 is 2.38 bits per heavy atom. The van der Waals surface area contributed by atoms with Crippen LogP contribution in [0.5, 0.6) is 23.5 Å². The lowest BCUT2D eigenvalue weighted by atomic mass is 10.1. The third kappa shape index (κ3) is 3.69. The summed E-state index contributed by atoms with van der Waals surface area (Å²) in [6.07, 6.45) is 1.09. The fourth-order valence-corrected chi connectivity index (χ4v) is 1.86. The number of hydrogen-bond donors (Lipinski definition) is 1. The van der Waals surface area contributed by atoms with E-state index in [2.05, 4.69) is 15.1 Å². The van der Waals surface area contributed by atoms with E-state index in [-0.39, 0.29) is 29.1 Å². The van der Waals surface area contributed by atoms with Gasteiger partial charge in [0.15, 0.2) is 0 Å². The molecule has 0 aliphatic carbocycles. The first-order valence-corrected chi connectivity index (χ1v) is 6.66. The number of hydrogen-bond acceptors (Lipinski definition) is 9. The summed E-state index contributed by atoms with van der Waals surface area (Å²) in [5, 5.41) is 11.7. The molecule has 9 heteroatoms. The summed E-state index contributed by atoms with van der Waals surface area (Å²) in [4.78, 5) is 20.1. The van der Waals surface area contributed by atoms with Gasteiger partial charge in [0, 0.05) is 5.56 Å². The standard InChI is InChI=1S/C15H15N3O6/c1-21-11-7-12(22-2)18-15(17-11)24-10-6-4-5-9(8-16-20)13(10)14(19)23-3/h4-8,20H,1-3H3/b16-8-. The van der Waals surface area contributed by atoms with E-state index < -0.39 is 5.97 Å². The van der Waals surface area contributed by atoms with Crippen LogP contribution in [0, 0.1) is 0 Å². The van der Waals surface area contributed by atoms with Crippen molar-refractivity contribution in [3.05, 3.63) is 35.4 Å². The second-order valence-corrected chi connectivity index (χ2v) is 4.29. The Bertz CT molecular complexity index is 741. The Kier molecular flexibility index (Phi) is 5.50. The van der Waals surface area contributed by atoms with E-state index in [9.17, 15) is 4.79 Å². The minimum Gasteiger partial charge on any atom is -0.481 e. The third-order valence-electron chi connectivity index (χ3n) is 2.92. The summed E-state index contributed by atoms with van der Waals surface area (Å²) in [6, 6.07) is 6.08. The van der Waals surface area contributed by atoms with Crippen molar-refractivity contribution in [1.29, 1.82) is 0 Å². The monoisotopic (exact) mass is 333 g/mol. The molecule has 2 aromatic rings. The van der Waals surface area contributed by atoms with Gasteiger partial charge >= 0.3 is 12.0 Å². The number of methoxy groups -OCH3 is 3. The van der Waals surface area contributed by atoms with Gasteiger partial charge in [-0.05, 0) is 6.07 Å². The maximum atomic E-state index is 12.0. The van der Waals surface area contributed by atoms with Gasteiger partial charge in [0.05, 0.1) is 33.6 Å². The van der Waals surface area contributed by atoms with Crippen molar-refractivity contribution in [2.45, 2.75) is 0 Å². The first-order chi connectivity index (χ1) is 11.6. The Morgan fingerprint density at radius 1 is 1.17 bits per heavy atom. The molecule has 24 heavy (non-hydrogen) atoms. The van der Waals surface area contributed by atoms with Crippen LogP contribution in [0.4, 0.5) is 0 Å². The number of carbonyl (C=O) groups excluding carboxylic acids is 1. The Labute approximate surface area is 137 Å². The highest BCUT2D eigenvalue weighted by Crippen LogP contribution is 2.28. The van der Waals surface area contributed by atoms with Crippen molar-refractivity contribution >= 4 is 12.2 Å². The van der Waals surface area contributed by atoms with E-state index in [0.717, 1.165) is 6.21 Å². The number of carbonyl (C=O) groups is 1. The van der Waals surface area contributed by atoms with E-state index in [1.165, 1.54) is 33.5 Å². The molecule has 0 fully saturated rings. The molecule has 0 spiro atoms. The molecule has 0 aliphatic heterocycles. The van der Waals surface area contributed by atoms with Crippen LogP contribution < -0.4 is 14.2 Å². The fraction of sp³-hybridized carbons (Fsp3) is 0.200. The van der Waals surface area contributed by atoms with Gasteiger partial charge in [-0.3, -0.25) is 0 Å². The van der Waals surface area contributed by atoms with Gasteiger partial charge in [-0.15, -0.1) is 0 Å². The maximum Gasteiger partial charge on any atom is 0.342 e. The molecule has 0 bridgehead atoms. The molecule has 0 unspecified atom stereocenters. The fourth-order valence-electron chi connectivity index (χ4n) is 1.86. The van der Waals surface area contributed by atoms with Crippen molar-refractivity contribution in [2.24, 2.45) is 5.16 Å². The van der Waals surface area contributed by atoms with Crippen molar-refractivity contribution in [1.82, 2.24) is 9.97 Å². The molecule has 0 saturated heterocycles. The SMILES string of the molecule is COC(=O)c1c(/C=N\O)cccc1Oc1nc(OC)cc(OC)n1. The highest BCUT2D eigenvalue weighted by atomic mass is 16.5. The number of rotatable bonds is 6. The van der Waals surface area contributed by atoms with Crippen LogP contribution in [0.1, 0.15) is 15.9 Å². The summed E-state index contributed by atoms with van der Waals surface area (Å²) in [7, 11) is 4.09. The number of oxime groups is 1. The predicted molar refractivity (Wildman–Crippen MR) is 82.4 cm³/mol.